The Morgan fingerprint density at radius 3 is 1.39 bits per heavy atom. The van der Waals surface area contributed by atoms with Crippen LogP contribution in [0, 0.1) is 0 Å². The van der Waals surface area contributed by atoms with Gasteiger partial charge in [0.15, 0.2) is 0 Å². The maximum atomic E-state index is 4.83. The summed E-state index contributed by atoms with van der Waals surface area (Å²) in [6.07, 6.45) is 4.31. The van der Waals surface area contributed by atoms with E-state index in [1.807, 2.05) is 0 Å². The molecule has 28 heavy (non-hydrogen) atoms. The molecule has 0 saturated carbocycles. The summed E-state index contributed by atoms with van der Waals surface area (Å²) in [5.41, 5.74) is 5.89. The van der Waals surface area contributed by atoms with Crippen LogP contribution >= 0.6 is 0 Å². The van der Waals surface area contributed by atoms with E-state index in [0.29, 0.717) is 0 Å². The molecule has 2 rings (SSSR count). The molecule has 0 amide bonds. The number of rotatable bonds is 5. The highest BCUT2D eigenvalue weighted by molar-refractivity contribution is 5.32. The minimum absolute atomic E-state index is 0.0685. The highest BCUT2D eigenvalue weighted by Gasteiger charge is 2.28. The molecule has 2 aromatic rings. The van der Waals surface area contributed by atoms with Crippen molar-refractivity contribution in [3.8, 4) is 0 Å². The Balaban J connectivity index is 2.12. The van der Waals surface area contributed by atoms with Gasteiger partial charge in [-0.25, -0.2) is 0 Å². The molecule has 0 aliphatic rings. The lowest BCUT2D eigenvalue weighted by atomic mass is 9.73. The third-order valence-corrected chi connectivity index (χ3v) is 6.23. The summed E-state index contributed by atoms with van der Waals surface area (Å²) >= 11 is 0. The van der Waals surface area contributed by atoms with Crippen LogP contribution in [0.15, 0.2) is 42.6 Å². The highest BCUT2D eigenvalue weighted by atomic mass is 14.7. The zero-order valence-corrected chi connectivity index (χ0v) is 19.9. The van der Waals surface area contributed by atoms with Crippen molar-refractivity contribution in [2.75, 3.05) is 0 Å². The molecule has 0 unspecified atom stereocenters. The van der Waals surface area contributed by atoms with Gasteiger partial charge in [-0.05, 0) is 51.8 Å². The molecule has 0 atom stereocenters. The molecule has 1 heteroatoms. The second-order valence-corrected chi connectivity index (χ2v) is 11.8. The van der Waals surface area contributed by atoms with Crippen LogP contribution in [0.5, 0.6) is 0 Å². The number of pyridine rings is 1. The standard InChI is InChI=1S/C27H41N/c1-24(2,3)20-11-13-21(14-12-20)26(7,8)17-18-27(9,10)23-16-15-22(19-28-23)25(4,5)6/h11-16,19H,17-18H2,1-10H3. The second kappa shape index (κ2) is 7.65. The number of hydrogen-bond donors (Lipinski definition) is 0. The number of benzene rings is 1. The van der Waals surface area contributed by atoms with Crippen molar-refractivity contribution < 1.29 is 0 Å². The summed E-state index contributed by atoms with van der Waals surface area (Å²) in [4.78, 5) is 4.83. The van der Waals surface area contributed by atoms with E-state index in [-0.39, 0.29) is 21.7 Å². The van der Waals surface area contributed by atoms with Crippen LogP contribution < -0.4 is 0 Å². The lowest BCUT2D eigenvalue weighted by molar-refractivity contribution is 0.368. The second-order valence-electron chi connectivity index (χ2n) is 11.8. The van der Waals surface area contributed by atoms with E-state index in [9.17, 15) is 0 Å². The largest absolute Gasteiger partial charge is 0.260 e. The topological polar surface area (TPSA) is 12.9 Å². The Bertz CT molecular complexity index is 693. The Hall–Kier alpha value is -1.63. The first kappa shape index (κ1) is 22.7. The van der Waals surface area contributed by atoms with Gasteiger partial charge in [-0.15, -0.1) is 0 Å². The average Bonchev–Trinajstić information content (AvgIpc) is 2.59. The van der Waals surface area contributed by atoms with Crippen molar-refractivity contribution in [1.29, 1.82) is 0 Å². The van der Waals surface area contributed by atoms with E-state index in [1.165, 1.54) is 22.4 Å². The van der Waals surface area contributed by atoms with Gasteiger partial charge < -0.3 is 0 Å². The first-order valence-electron chi connectivity index (χ1n) is 10.7. The molecular weight excluding hydrogens is 338 g/mol. The van der Waals surface area contributed by atoms with Crippen LogP contribution in [0.1, 0.15) is 104 Å². The minimum Gasteiger partial charge on any atom is -0.260 e. The number of nitrogens with zero attached hydrogens (tertiary/aromatic N) is 1. The van der Waals surface area contributed by atoms with Crippen LogP contribution in [0.25, 0.3) is 0 Å². The van der Waals surface area contributed by atoms with Crippen LogP contribution in [-0.4, -0.2) is 4.98 Å². The molecule has 154 valence electrons. The Morgan fingerprint density at radius 1 is 0.536 bits per heavy atom. The first-order valence-corrected chi connectivity index (χ1v) is 10.7. The number of hydrogen-bond acceptors (Lipinski definition) is 1. The molecule has 0 radical (unpaired) electrons. The highest BCUT2D eigenvalue weighted by Crippen LogP contribution is 2.36. The van der Waals surface area contributed by atoms with Gasteiger partial charge in [-0.1, -0.05) is 99.6 Å². The summed E-state index contributed by atoms with van der Waals surface area (Å²) in [6, 6.07) is 13.7. The zero-order chi connectivity index (χ0) is 21.4. The third kappa shape index (κ3) is 5.46. The van der Waals surface area contributed by atoms with Crippen molar-refractivity contribution in [1.82, 2.24) is 4.98 Å². The van der Waals surface area contributed by atoms with Crippen molar-refractivity contribution in [3.05, 3.63) is 65.0 Å². The molecule has 0 aliphatic carbocycles. The summed E-state index contributed by atoms with van der Waals surface area (Å²) in [5, 5.41) is 0. The summed E-state index contributed by atoms with van der Waals surface area (Å²) in [5.74, 6) is 0. The van der Waals surface area contributed by atoms with Gasteiger partial charge in [-0.2, -0.15) is 0 Å². The molecular formula is C27H41N. The molecule has 0 fully saturated rings. The van der Waals surface area contributed by atoms with Crippen LogP contribution in [0.2, 0.25) is 0 Å². The average molecular weight is 380 g/mol. The molecule has 0 aliphatic heterocycles. The van der Waals surface area contributed by atoms with E-state index >= 15 is 0 Å². The normalized spacial score (nSPS) is 13.6. The van der Waals surface area contributed by atoms with E-state index < -0.39 is 0 Å². The lowest BCUT2D eigenvalue weighted by Crippen LogP contribution is -2.25. The maximum absolute atomic E-state index is 4.83. The van der Waals surface area contributed by atoms with Crippen LogP contribution in [0.4, 0.5) is 0 Å². The maximum Gasteiger partial charge on any atom is 0.0460 e. The third-order valence-electron chi connectivity index (χ3n) is 6.23. The lowest BCUT2D eigenvalue weighted by Gasteiger charge is -2.32. The van der Waals surface area contributed by atoms with Gasteiger partial charge in [0.05, 0.1) is 0 Å². The van der Waals surface area contributed by atoms with E-state index in [1.54, 1.807) is 0 Å². The van der Waals surface area contributed by atoms with Crippen LogP contribution in [-0.2, 0) is 21.7 Å². The molecule has 0 saturated heterocycles. The Kier molecular flexibility index (Phi) is 6.19. The van der Waals surface area contributed by atoms with Gasteiger partial charge in [0, 0.05) is 17.3 Å². The molecule has 1 heterocycles. The first-order chi connectivity index (χ1) is 12.6. The van der Waals surface area contributed by atoms with E-state index in [0.717, 1.165) is 12.8 Å². The molecule has 0 spiro atoms. The molecule has 0 bridgehead atoms. The Morgan fingerprint density at radius 2 is 0.964 bits per heavy atom. The molecule has 1 nitrogen and oxygen atoms in total. The van der Waals surface area contributed by atoms with Crippen molar-refractivity contribution in [2.24, 2.45) is 0 Å². The summed E-state index contributed by atoms with van der Waals surface area (Å²) in [6.45, 7) is 22.9. The van der Waals surface area contributed by atoms with Gasteiger partial charge >= 0.3 is 0 Å². The summed E-state index contributed by atoms with van der Waals surface area (Å²) < 4.78 is 0. The van der Waals surface area contributed by atoms with Crippen molar-refractivity contribution in [2.45, 2.75) is 104 Å². The summed E-state index contributed by atoms with van der Waals surface area (Å²) in [7, 11) is 0. The number of aromatic nitrogens is 1. The fraction of sp³-hybridized carbons (Fsp3) is 0.593. The monoisotopic (exact) mass is 379 g/mol. The smallest absolute Gasteiger partial charge is 0.0460 e. The Labute approximate surface area is 174 Å². The van der Waals surface area contributed by atoms with Gasteiger partial charge in [0.1, 0.15) is 0 Å². The predicted octanol–water partition coefficient (Wildman–Crippen LogP) is 7.71. The molecule has 1 aromatic heterocycles. The van der Waals surface area contributed by atoms with Gasteiger partial charge in [0.2, 0.25) is 0 Å². The van der Waals surface area contributed by atoms with Gasteiger partial charge in [0.25, 0.3) is 0 Å². The van der Waals surface area contributed by atoms with Crippen LogP contribution in [0.3, 0.4) is 0 Å². The minimum atomic E-state index is 0.0685. The van der Waals surface area contributed by atoms with E-state index in [4.69, 9.17) is 4.98 Å². The molecule has 0 N–H and O–H groups in total. The zero-order valence-electron chi connectivity index (χ0n) is 19.9. The predicted molar refractivity (Wildman–Crippen MR) is 123 cm³/mol. The van der Waals surface area contributed by atoms with Crippen molar-refractivity contribution >= 4 is 0 Å². The quantitative estimate of drug-likeness (QED) is 0.518. The fourth-order valence-electron chi connectivity index (χ4n) is 3.56. The van der Waals surface area contributed by atoms with E-state index in [2.05, 4.69) is 112 Å². The SMILES string of the molecule is CC(C)(C)c1ccc(C(C)(C)CCC(C)(C)c2ccc(C(C)(C)C)cn2)cc1. The fourth-order valence-corrected chi connectivity index (χ4v) is 3.56. The van der Waals surface area contributed by atoms with Gasteiger partial charge in [-0.3, -0.25) is 4.98 Å². The molecule has 1 aromatic carbocycles. The van der Waals surface area contributed by atoms with Crippen molar-refractivity contribution in [3.63, 3.8) is 0 Å².